The largest absolute Gasteiger partial charge is 0.452 e. The van der Waals surface area contributed by atoms with Gasteiger partial charge in [0.05, 0.1) is 21.1 Å². The van der Waals surface area contributed by atoms with Crippen LogP contribution in [0.2, 0.25) is 0 Å². The Balaban J connectivity index is 1.65. The van der Waals surface area contributed by atoms with Gasteiger partial charge in [0.15, 0.2) is 11.8 Å². The molecular formula is C19H15F2N5O6S. The Morgan fingerprint density at radius 1 is 1.27 bits per heavy atom. The van der Waals surface area contributed by atoms with Gasteiger partial charge in [-0.2, -0.15) is 8.78 Å². The molecule has 1 heterocycles. The van der Waals surface area contributed by atoms with Crippen molar-refractivity contribution in [3.05, 3.63) is 64.5 Å². The first-order valence-electron chi connectivity index (χ1n) is 9.05. The van der Waals surface area contributed by atoms with E-state index < -0.39 is 30.0 Å². The van der Waals surface area contributed by atoms with Crippen molar-refractivity contribution < 1.29 is 32.8 Å². The van der Waals surface area contributed by atoms with Crippen LogP contribution in [-0.2, 0) is 16.6 Å². The third-order valence-corrected chi connectivity index (χ3v) is 5.09. The molecule has 0 fully saturated rings. The number of hydrogen-bond acceptors (Lipinski definition) is 9. The molecule has 0 atom stereocenters. The van der Waals surface area contributed by atoms with Crippen LogP contribution in [-0.4, -0.2) is 44.8 Å². The molecule has 3 aromatic rings. The molecule has 0 aliphatic rings. The predicted molar refractivity (Wildman–Crippen MR) is 110 cm³/mol. The van der Waals surface area contributed by atoms with Crippen molar-refractivity contribution in [2.45, 2.75) is 16.7 Å². The number of nitro benzene ring substituents is 1. The smallest absolute Gasteiger partial charge is 0.387 e. The van der Waals surface area contributed by atoms with Crippen LogP contribution in [0.15, 0.2) is 58.8 Å². The molecule has 33 heavy (non-hydrogen) atoms. The lowest BCUT2D eigenvalue weighted by molar-refractivity contribution is -0.387. The van der Waals surface area contributed by atoms with Crippen molar-refractivity contribution >= 4 is 35.0 Å². The zero-order valence-electron chi connectivity index (χ0n) is 16.8. The lowest BCUT2D eigenvalue weighted by atomic mass is 10.2. The number of alkyl halides is 2. The van der Waals surface area contributed by atoms with Crippen molar-refractivity contribution in [3.8, 4) is 5.75 Å². The number of nitrogens with zero attached hydrogens (tertiary/aromatic N) is 4. The number of aromatic nitrogens is 3. The Morgan fingerprint density at radius 3 is 2.70 bits per heavy atom. The summed E-state index contributed by atoms with van der Waals surface area (Å²) >= 11 is 0.987. The summed E-state index contributed by atoms with van der Waals surface area (Å²) in [6.45, 7) is -3.85. The number of esters is 1. The number of carbonyl (C=O) groups is 2. The van der Waals surface area contributed by atoms with Gasteiger partial charge in [0, 0.05) is 13.1 Å². The number of para-hydroxylation sites is 2. The minimum atomic E-state index is -3.09. The molecule has 0 unspecified atom stereocenters. The summed E-state index contributed by atoms with van der Waals surface area (Å²) in [7, 11) is 1.67. The van der Waals surface area contributed by atoms with E-state index in [9.17, 15) is 28.5 Å². The molecule has 0 radical (unpaired) electrons. The fraction of sp³-hybridized carbons (Fsp3) is 0.158. The topological polar surface area (TPSA) is 138 Å². The zero-order chi connectivity index (χ0) is 24.0. The van der Waals surface area contributed by atoms with Crippen LogP contribution in [0.5, 0.6) is 5.75 Å². The van der Waals surface area contributed by atoms with Gasteiger partial charge in [-0.25, -0.2) is 4.79 Å². The number of halogens is 2. The summed E-state index contributed by atoms with van der Waals surface area (Å²) in [4.78, 5) is 35.4. The highest BCUT2D eigenvalue weighted by Crippen LogP contribution is 2.34. The minimum absolute atomic E-state index is 0.0420. The summed E-state index contributed by atoms with van der Waals surface area (Å²) < 4.78 is 35.7. The monoisotopic (exact) mass is 479 g/mol. The Hall–Kier alpha value is -4.07. The van der Waals surface area contributed by atoms with E-state index in [0.717, 1.165) is 17.8 Å². The van der Waals surface area contributed by atoms with Gasteiger partial charge < -0.3 is 19.4 Å². The quantitative estimate of drug-likeness (QED) is 0.278. The fourth-order valence-corrected chi connectivity index (χ4v) is 3.36. The summed E-state index contributed by atoms with van der Waals surface area (Å²) in [6, 6.07) is 9.16. The first-order chi connectivity index (χ1) is 15.7. The lowest BCUT2D eigenvalue weighted by Crippen LogP contribution is -2.21. The number of ether oxygens (including phenoxy) is 2. The maximum atomic E-state index is 12.5. The van der Waals surface area contributed by atoms with E-state index in [4.69, 9.17) is 4.74 Å². The van der Waals surface area contributed by atoms with Gasteiger partial charge >= 0.3 is 12.6 Å². The summed E-state index contributed by atoms with van der Waals surface area (Å²) in [5, 5.41) is 21.7. The molecule has 0 bridgehead atoms. The van der Waals surface area contributed by atoms with E-state index >= 15 is 0 Å². The molecule has 3 rings (SSSR count). The average molecular weight is 479 g/mol. The van der Waals surface area contributed by atoms with Crippen LogP contribution >= 0.6 is 11.8 Å². The number of carbonyl (C=O) groups excluding carboxylic acids is 2. The number of aryl methyl sites for hydroxylation is 1. The van der Waals surface area contributed by atoms with Gasteiger partial charge in [0.2, 0.25) is 0 Å². The van der Waals surface area contributed by atoms with Gasteiger partial charge in [-0.05, 0) is 36.0 Å². The highest BCUT2D eigenvalue weighted by Gasteiger charge is 2.21. The molecular weight excluding hydrogens is 464 g/mol. The molecule has 14 heteroatoms. The van der Waals surface area contributed by atoms with Crippen molar-refractivity contribution in [1.82, 2.24) is 14.8 Å². The van der Waals surface area contributed by atoms with Gasteiger partial charge in [-0.3, -0.25) is 14.9 Å². The first kappa shape index (κ1) is 23.6. The number of nitrogens with one attached hydrogen (secondary N) is 1. The minimum Gasteiger partial charge on any atom is -0.452 e. The van der Waals surface area contributed by atoms with Crippen molar-refractivity contribution in [3.63, 3.8) is 0 Å². The van der Waals surface area contributed by atoms with E-state index in [2.05, 4.69) is 20.3 Å². The molecule has 0 spiro atoms. The van der Waals surface area contributed by atoms with Crippen molar-refractivity contribution in [2.75, 3.05) is 11.9 Å². The zero-order valence-corrected chi connectivity index (χ0v) is 17.6. The number of nitro groups is 1. The molecule has 0 aliphatic carbocycles. The lowest BCUT2D eigenvalue weighted by Gasteiger charge is -2.12. The molecule has 1 amide bonds. The highest BCUT2D eigenvalue weighted by molar-refractivity contribution is 7.99. The Labute approximate surface area is 188 Å². The Morgan fingerprint density at radius 2 is 2.03 bits per heavy atom. The number of amides is 1. The second kappa shape index (κ2) is 10.5. The van der Waals surface area contributed by atoms with Crippen molar-refractivity contribution in [1.29, 1.82) is 0 Å². The summed E-state index contributed by atoms with van der Waals surface area (Å²) in [6.07, 6.45) is 1.43. The first-order valence-corrected chi connectivity index (χ1v) is 9.87. The Kier molecular flexibility index (Phi) is 7.50. The van der Waals surface area contributed by atoms with Crippen LogP contribution in [0.3, 0.4) is 0 Å². The van der Waals surface area contributed by atoms with E-state index in [1.807, 2.05) is 0 Å². The van der Waals surface area contributed by atoms with Crippen LogP contribution in [0.25, 0.3) is 0 Å². The molecule has 2 aromatic carbocycles. The number of anilines is 1. The predicted octanol–water partition coefficient (Wildman–Crippen LogP) is 3.27. The second-order valence-corrected chi connectivity index (χ2v) is 7.27. The number of hydrogen-bond donors (Lipinski definition) is 1. The maximum absolute atomic E-state index is 12.5. The molecule has 0 saturated carbocycles. The van der Waals surface area contributed by atoms with E-state index in [0.29, 0.717) is 5.16 Å². The van der Waals surface area contributed by atoms with E-state index in [1.54, 1.807) is 11.6 Å². The van der Waals surface area contributed by atoms with Crippen LogP contribution in [0, 0.1) is 10.1 Å². The van der Waals surface area contributed by atoms with Gasteiger partial charge in [-0.1, -0.05) is 12.1 Å². The normalized spacial score (nSPS) is 10.7. The molecule has 1 N–H and O–H groups in total. The SMILES string of the molecule is Cn1cnnc1Sc1ccc(C(=O)OCC(=O)Nc2ccccc2OC(F)F)cc1[N+](=O)[O-]. The molecule has 1 aromatic heterocycles. The molecule has 172 valence electrons. The number of rotatable bonds is 9. The molecule has 0 aliphatic heterocycles. The van der Waals surface area contributed by atoms with Gasteiger partial charge in [0.25, 0.3) is 11.6 Å². The highest BCUT2D eigenvalue weighted by atomic mass is 32.2. The molecule has 11 nitrogen and oxygen atoms in total. The molecule has 0 saturated heterocycles. The standard InChI is InChI=1S/C19H15F2N5O6S/c1-25-10-22-24-19(25)33-15-7-6-11(8-13(15)26(29)30)17(28)31-9-16(27)23-12-4-2-3-5-14(12)32-18(20)21/h2-8,10,18H,9H2,1H3,(H,23,27). The Bertz CT molecular complexity index is 1190. The average Bonchev–Trinajstić information content (AvgIpc) is 3.17. The third-order valence-electron chi connectivity index (χ3n) is 3.97. The number of benzene rings is 2. The second-order valence-electron chi connectivity index (χ2n) is 6.27. The van der Waals surface area contributed by atoms with Crippen LogP contribution in [0.4, 0.5) is 20.2 Å². The van der Waals surface area contributed by atoms with Gasteiger partial charge in [0.1, 0.15) is 12.1 Å². The van der Waals surface area contributed by atoms with E-state index in [1.165, 1.54) is 42.7 Å². The van der Waals surface area contributed by atoms with E-state index in [-0.39, 0.29) is 27.6 Å². The maximum Gasteiger partial charge on any atom is 0.387 e. The van der Waals surface area contributed by atoms with Gasteiger partial charge in [-0.15, -0.1) is 10.2 Å². The fourth-order valence-electron chi connectivity index (χ4n) is 2.51. The summed E-state index contributed by atoms with van der Waals surface area (Å²) in [5.41, 5.74) is -0.558. The van der Waals surface area contributed by atoms with Crippen molar-refractivity contribution in [2.24, 2.45) is 7.05 Å². The van der Waals surface area contributed by atoms with Crippen LogP contribution < -0.4 is 10.1 Å². The van der Waals surface area contributed by atoms with Crippen LogP contribution in [0.1, 0.15) is 10.4 Å². The third kappa shape index (κ3) is 6.22. The summed E-state index contributed by atoms with van der Waals surface area (Å²) in [5.74, 6) is -2.07.